The van der Waals surface area contributed by atoms with Crippen LogP contribution in [0.1, 0.15) is 18.4 Å². The SMILES string of the molecule is O=C(NNc1ccc(Cl)c(Cl)c1)[C@H]1CCCN(C2=NS(=O)(=O)c3ccccc32)C1. The van der Waals surface area contributed by atoms with Crippen molar-refractivity contribution in [1.82, 2.24) is 10.3 Å². The minimum atomic E-state index is -3.69. The molecule has 0 spiro atoms. The van der Waals surface area contributed by atoms with Crippen LogP contribution in [0.25, 0.3) is 0 Å². The van der Waals surface area contributed by atoms with Gasteiger partial charge in [0, 0.05) is 18.7 Å². The first-order valence-corrected chi connectivity index (χ1v) is 11.2. The lowest BCUT2D eigenvalue weighted by Gasteiger charge is -2.33. The molecule has 0 unspecified atom stereocenters. The number of sulfonamides is 1. The van der Waals surface area contributed by atoms with Gasteiger partial charge in [0.2, 0.25) is 5.91 Å². The minimum Gasteiger partial charge on any atom is -0.355 e. The number of hydrogen-bond donors (Lipinski definition) is 2. The van der Waals surface area contributed by atoms with Crippen molar-refractivity contribution in [2.45, 2.75) is 17.7 Å². The van der Waals surface area contributed by atoms with Crippen LogP contribution in [0, 0.1) is 5.92 Å². The number of benzene rings is 2. The van der Waals surface area contributed by atoms with Gasteiger partial charge in [0.25, 0.3) is 10.0 Å². The summed E-state index contributed by atoms with van der Waals surface area (Å²) < 4.78 is 28.6. The van der Waals surface area contributed by atoms with E-state index in [1.54, 1.807) is 42.5 Å². The third-order valence-electron chi connectivity index (χ3n) is 4.95. The molecular formula is C19H18Cl2N4O3S. The fourth-order valence-corrected chi connectivity index (χ4v) is 5.04. The number of amidine groups is 1. The van der Waals surface area contributed by atoms with Crippen LogP contribution < -0.4 is 10.9 Å². The van der Waals surface area contributed by atoms with Gasteiger partial charge < -0.3 is 4.90 Å². The number of carbonyl (C=O) groups excluding carboxylic acids is 1. The van der Waals surface area contributed by atoms with Gasteiger partial charge in [-0.05, 0) is 43.2 Å². The molecule has 10 heteroatoms. The Labute approximate surface area is 178 Å². The predicted molar refractivity (Wildman–Crippen MR) is 113 cm³/mol. The number of hydrogen-bond acceptors (Lipinski definition) is 5. The number of piperidine rings is 1. The van der Waals surface area contributed by atoms with Crippen LogP contribution in [-0.2, 0) is 14.8 Å². The van der Waals surface area contributed by atoms with E-state index in [9.17, 15) is 13.2 Å². The maximum atomic E-state index is 12.6. The van der Waals surface area contributed by atoms with Gasteiger partial charge in [-0.1, -0.05) is 35.3 Å². The Morgan fingerprint density at radius 1 is 1.14 bits per heavy atom. The molecule has 2 heterocycles. The summed E-state index contributed by atoms with van der Waals surface area (Å²) in [5, 5.41) is 0.813. The zero-order valence-corrected chi connectivity index (χ0v) is 17.6. The van der Waals surface area contributed by atoms with Gasteiger partial charge in [0.1, 0.15) is 4.90 Å². The summed E-state index contributed by atoms with van der Waals surface area (Å²) >= 11 is 11.9. The molecule has 1 amide bonds. The van der Waals surface area contributed by atoms with Crippen molar-refractivity contribution >= 4 is 50.7 Å². The smallest absolute Gasteiger partial charge is 0.285 e. The zero-order chi connectivity index (χ0) is 20.6. The van der Waals surface area contributed by atoms with Gasteiger partial charge in [0.15, 0.2) is 5.84 Å². The van der Waals surface area contributed by atoms with Gasteiger partial charge in [-0.15, -0.1) is 4.40 Å². The standard InChI is InChI=1S/C19H18Cl2N4O3S/c20-15-8-7-13(10-16(15)21)22-23-19(26)12-4-3-9-25(11-12)18-14-5-1-2-6-17(14)29(27,28)24-18/h1-2,5-8,10,12,22H,3-4,9,11H2,(H,23,26)/t12-/m0/s1. The molecule has 7 nitrogen and oxygen atoms in total. The van der Waals surface area contributed by atoms with Crippen molar-refractivity contribution in [2.75, 3.05) is 18.5 Å². The summed E-state index contributed by atoms with van der Waals surface area (Å²) in [6.07, 6.45) is 1.46. The largest absolute Gasteiger partial charge is 0.355 e. The number of anilines is 1. The Kier molecular flexibility index (Phi) is 5.42. The van der Waals surface area contributed by atoms with E-state index >= 15 is 0 Å². The Morgan fingerprint density at radius 3 is 2.72 bits per heavy atom. The fourth-order valence-electron chi connectivity index (χ4n) is 3.51. The molecule has 0 aliphatic carbocycles. The van der Waals surface area contributed by atoms with Crippen LogP contribution in [0.5, 0.6) is 0 Å². The van der Waals surface area contributed by atoms with Crippen molar-refractivity contribution in [3.63, 3.8) is 0 Å². The first-order valence-electron chi connectivity index (χ1n) is 9.05. The van der Waals surface area contributed by atoms with E-state index in [1.807, 2.05) is 4.90 Å². The van der Waals surface area contributed by atoms with Gasteiger partial charge in [0.05, 0.1) is 21.7 Å². The predicted octanol–water partition coefficient (Wildman–Crippen LogP) is 3.30. The highest BCUT2D eigenvalue weighted by Gasteiger charge is 2.35. The number of likely N-dealkylation sites (tertiary alicyclic amines) is 1. The summed E-state index contributed by atoms with van der Waals surface area (Å²) in [4.78, 5) is 14.7. The highest BCUT2D eigenvalue weighted by Crippen LogP contribution is 2.30. The van der Waals surface area contributed by atoms with Crippen molar-refractivity contribution in [2.24, 2.45) is 10.3 Å². The monoisotopic (exact) mass is 452 g/mol. The number of hydrazine groups is 1. The molecule has 0 aromatic heterocycles. The van der Waals surface area contributed by atoms with E-state index in [-0.39, 0.29) is 16.7 Å². The molecule has 1 saturated heterocycles. The summed E-state index contributed by atoms with van der Waals surface area (Å²) in [6, 6.07) is 11.7. The topological polar surface area (TPSA) is 90.9 Å². The Morgan fingerprint density at radius 2 is 1.93 bits per heavy atom. The van der Waals surface area contributed by atoms with Crippen LogP contribution >= 0.6 is 23.2 Å². The maximum absolute atomic E-state index is 12.6. The zero-order valence-electron chi connectivity index (χ0n) is 15.2. The average Bonchev–Trinajstić information content (AvgIpc) is 3.00. The number of fused-ring (bicyclic) bond motifs is 1. The minimum absolute atomic E-state index is 0.185. The second-order valence-electron chi connectivity index (χ2n) is 6.91. The van der Waals surface area contributed by atoms with Gasteiger partial charge in [-0.2, -0.15) is 8.42 Å². The molecule has 1 fully saturated rings. The van der Waals surface area contributed by atoms with E-state index in [4.69, 9.17) is 23.2 Å². The Bertz CT molecular complexity index is 1100. The first-order chi connectivity index (χ1) is 13.8. The van der Waals surface area contributed by atoms with Crippen LogP contribution in [0.2, 0.25) is 10.0 Å². The van der Waals surface area contributed by atoms with Crippen LogP contribution in [-0.4, -0.2) is 38.2 Å². The second-order valence-corrected chi connectivity index (χ2v) is 9.30. The first kappa shape index (κ1) is 20.0. The second kappa shape index (κ2) is 7.85. The van der Waals surface area contributed by atoms with Crippen molar-refractivity contribution < 1.29 is 13.2 Å². The summed E-state index contributed by atoms with van der Waals surface area (Å²) in [7, 11) is -3.69. The number of carbonyl (C=O) groups is 1. The summed E-state index contributed by atoms with van der Waals surface area (Å²) in [5.41, 5.74) is 6.72. The third kappa shape index (κ3) is 4.05. The molecule has 0 saturated carbocycles. The Hall–Kier alpha value is -2.29. The van der Waals surface area contributed by atoms with Crippen LogP contribution in [0.4, 0.5) is 5.69 Å². The van der Waals surface area contributed by atoms with Gasteiger partial charge in [-0.25, -0.2) is 0 Å². The molecule has 0 bridgehead atoms. The van der Waals surface area contributed by atoms with Crippen molar-refractivity contribution in [1.29, 1.82) is 0 Å². The molecular weight excluding hydrogens is 435 g/mol. The van der Waals surface area contributed by atoms with Crippen molar-refractivity contribution in [3.8, 4) is 0 Å². The van der Waals surface area contributed by atoms with E-state index < -0.39 is 10.0 Å². The number of nitrogens with one attached hydrogen (secondary N) is 2. The number of nitrogens with zero attached hydrogens (tertiary/aromatic N) is 2. The molecule has 2 aromatic rings. The normalized spacial score (nSPS) is 20.0. The van der Waals surface area contributed by atoms with E-state index in [2.05, 4.69) is 15.2 Å². The third-order valence-corrected chi connectivity index (χ3v) is 7.02. The molecule has 2 aliphatic rings. The van der Waals surface area contributed by atoms with E-state index in [0.29, 0.717) is 46.6 Å². The lowest BCUT2D eigenvalue weighted by molar-refractivity contribution is -0.125. The summed E-state index contributed by atoms with van der Waals surface area (Å²) in [6.45, 7) is 1.03. The Balaban J connectivity index is 1.45. The molecule has 2 aromatic carbocycles. The van der Waals surface area contributed by atoms with Crippen LogP contribution in [0.3, 0.4) is 0 Å². The number of rotatable bonds is 3. The van der Waals surface area contributed by atoms with Crippen molar-refractivity contribution in [3.05, 3.63) is 58.1 Å². The highest BCUT2D eigenvalue weighted by molar-refractivity contribution is 7.90. The fraction of sp³-hybridized carbons (Fsp3) is 0.263. The van der Waals surface area contributed by atoms with E-state index in [1.165, 1.54) is 0 Å². The van der Waals surface area contributed by atoms with Gasteiger partial charge >= 0.3 is 0 Å². The lowest BCUT2D eigenvalue weighted by Crippen LogP contribution is -2.46. The number of amides is 1. The molecule has 2 aliphatic heterocycles. The maximum Gasteiger partial charge on any atom is 0.285 e. The molecule has 1 atom stereocenters. The highest BCUT2D eigenvalue weighted by atomic mass is 35.5. The lowest BCUT2D eigenvalue weighted by atomic mass is 9.96. The summed E-state index contributed by atoms with van der Waals surface area (Å²) in [5.74, 6) is -0.0803. The molecule has 29 heavy (non-hydrogen) atoms. The molecule has 152 valence electrons. The molecule has 0 radical (unpaired) electrons. The van der Waals surface area contributed by atoms with Crippen LogP contribution in [0.15, 0.2) is 51.8 Å². The number of halogens is 2. The van der Waals surface area contributed by atoms with Gasteiger partial charge in [-0.3, -0.25) is 15.6 Å². The molecule has 2 N–H and O–H groups in total. The average molecular weight is 453 g/mol. The molecule has 4 rings (SSSR count). The quantitative estimate of drug-likeness (QED) is 0.697. The van der Waals surface area contributed by atoms with E-state index in [0.717, 1.165) is 6.42 Å².